The van der Waals surface area contributed by atoms with Gasteiger partial charge >= 0.3 is 6.09 Å². The third-order valence-corrected chi connectivity index (χ3v) is 4.59. The Bertz CT molecular complexity index is 582. The summed E-state index contributed by atoms with van der Waals surface area (Å²) in [6.07, 6.45) is 0.620. The molecule has 6 nitrogen and oxygen atoms in total. The summed E-state index contributed by atoms with van der Waals surface area (Å²) in [5.74, 6) is 0.204. The van der Waals surface area contributed by atoms with Crippen LogP contribution in [0.15, 0.2) is 27.6 Å². The lowest BCUT2D eigenvalue weighted by molar-refractivity contribution is 0.0607. The summed E-state index contributed by atoms with van der Waals surface area (Å²) in [6, 6.07) is 3.31. The molecular weight excluding hydrogens is 278 g/mol. The molecule has 0 aliphatic carbocycles. The summed E-state index contributed by atoms with van der Waals surface area (Å²) < 4.78 is 21.5. The Morgan fingerprint density at radius 2 is 2.10 bits per heavy atom. The number of pyridine rings is 1. The molecule has 1 aromatic heterocycles. The van der Waals surface area contributed by atoms with Gasteiger partial charge in [-0.25, -0.2) is 9.00 Å². The number of hydrogen-bond donors (Lipinski definition) is 1. The molecule has 7 heteroatoms. The van der Waals surface area contributed by atoms with Gasteiger partial charge in [-0.05, 0) is 32.9 Å². The van der Waals surface area contributed by atoms with Crippen LogP contribution in [0, 0.1) is 0 Å². The lowest BCUT2D eigenvalue weighted by atomic mass is 10.2. The van der Waals surface area contributed by atoms with Crippen LogP contribution >= 0.6 is 0 Å². The molecule has 112 valence electrons. The Morgan fingerprint density at radius 1 is 1.45 bits per heavy atom. The summed E-state index contributed by atoms with van der Waals surface area (Å²) in [4.78, 5) is 16.2. The van der Waals surface area contributed by atoms with Gasteiger partial charge in [-0.15, -0.1) is 4.36 Å². The number of nitrogens with two attached hydrogens (primary N) is 1. The SMILES string of the molecule is CCS(=O)(=NC(=O)OC(C)(C)C)c1ccc(CN)nc1. The average Bonchev–Trinajstić information content (AvgIpc) is 2.36. The highest BCUT2D eigenvalue weighted by Crippen LogP contribution is 2.16. The van der Waals surface area contributed by atoms with Crippen LogP contribution in [0.4, 0.5) is 4.79 Å². The van der Waals surface area contributed by atoms with Gasteiger partial charge < -0.3 is 10.5 Å². The van der Waals surface area contributed by atoms with E-state index in [9.17, 15) is 9.00 Å². The third kappa shape index (κ3) is 4.57. The van der Waals surface area contributed by atoms with E-state index >= 15 is 0 Å². The number of carbonyl (C=O) groups excluding carboxylic acids is 1. The standard InChI is InChI=1S/C13H21N3O3S/c1-5-20(18,16-12(17)19-13(2,3)4)11-7-6-10(8-14)15-9-11/h6-7,9H,5,8,14H2,1-4H3. The van der Waals surface area contributed by atoms with Gasteiger partial charge in [-0.2, -0.15) is 0 Å². The first-order valence-electron chi connectivity index (χ1n) is 6.33. The van der Waals surface area contributed by atoms with Crippen molar-refractivity contribution in [1.82, 2.24) is 4.98 Å². The zero-order chi connectivity index (χ0) is 15.4. The first-order chi connectivity index (χ1) is 9.20. The molecule has 1 heterocycles. The Hall–Kier alpha value is -1.47. The second-order valence-corrected chi connectivity index (χ2v) is 7.70. The fourth-order valence-corrected chi connectivity index (χ4v) is 2.75. The summed E-state index contributed by atoms with van der Waals surface area (Å²) in [6.45, 7) is 7.19. The van der Waals surface area contributed by atoms with Gasteiger partial charge in [0, 0.05) is 18.5 Å². The predicted octanol–water partition coefficient (Wildman–Crippen LogP) is 2.32. The van der Waals surface area contributed by atoms with E-state index in [4.69, 9.17) is 10.5 Å². The topological polar surface area (TPSA) is 94.6 Å². The number of hydrogen-bond acceptors (Lipinski definition) is 5. The predicted molar refractivity (Wildman–Crippen MR) is 77.7 cm³/mol. The maximum absolute atomic E-state index is 12.7. The lowest BCUT2D eigenvalue weighted by Crippen LogP contribution is -2.23. The van der Waals surface area contributed by atoms with E-state index in [-0.39, 0.29) is 5.75 Å². The highest BCUT2D eigenvalue weighted by molar-refractivity contribution is 7.93. The molecule has 1 amide bonds. The van der Waals surface area contributed by atoms with Gasteiger partial charge in [0.05, 0.1) is 20.3 Å². The Labute approximate surface area is 119 Å². The van der Waals surface area contributed by atoms with Crippen molar-refractivity contribution in [2.45, 2.75) is 44.7 Å². The van der Waals surface area contributed by atoms with Crippen LogP contribution in [-0.4, -0.2) is 26.6 Å². The van der Waals surface area contributed by atoms with Crippen LogP contribution < -0.4 is 5.73 Å². The van der Waals surface area contributed by atoms with Crippen molar-refractivity contribution in [3.05, 3.63) is 24.0 Å². The lowest BCUT2D eigenvalue weighted by Gasteiger charge is -2.18. The van der Waals surface area contributed by atoms with E-state index in [2.05, 4.69) is 9.35 Å². The Balaban J connectivity index is 3.13. The minimum atomic E-state index is -2.86. The Kier molecular flexibility index (Phi) is 5.24. The van der Waals surface area contributed by atoms with Crippen molar-refractivity contribution in [3.8, 4) is 0 Å². The molecule has 1 rings (SSSR count). The van der Waals surface area contributed by atoms with Crippen LogP contribution in [0.1, 0.15) is 33.4 Å². The first kappa shape index (κ1) is 16.6. The van der Waals surface area contributed by atoms with Crippen LogP contribution in [0.5, 0.6) is 0 Å². The summed E-state index contributed by atoms with van der Waals surface area (Å²) in [7, 11) is -2.86. The minimum absolute atomic E-state index is 0.204. The van der Waals surface area contributed by atoms with Crippen molar-refractivity contribution >= 4 is 15.8 Å². The second kappa shape index (κ2) is 6.32. The van der Waals surface area contributed by atoms with E-state index in [0.717, 1.165) is 0 Å². The molecule has 0 aliphatic heterocycles. The number of nitrogens with zero attached hydrogens (tertiary/aromatic N) is 2. The molecule has 1 aromatic rings. The number of aromatic nitrogens is 1. The van der Waals surface area contributed by atoms with Crippen LogP contribution in [0.2, 0.25) is 0 Å². The molecule has 1 unspecified atom stereocenters. The van der Waals surface area contributed by atoms with Crippen molar-refractivity contribution in [3.63, 3.8) is 0 Å². The van der Waals surface area contributed by atoms with E-state index in [1.54, 1.807) is 39.8 Å². The quantitative estimate of drug-likeness (QED) is 0.924. The molecule has 2 N–H and O–H groups in total. The number of rotatable bonds is 3. The highest BCUT2D eigenvalue weighted by atomic mass is 32.2. The fraction of sp³-hybridized carbons (Fsp3) is 0.538. The molecule has 0 saturated carbocycles. The zero-order valence-corrected chi connectivity index (χ0v) is 13.1. The highest BCUT2D eigenvalue weighted by Gasteiger charge is 2.19. The van der Waals surface area contributed by atoms with Crippen molar-refractivity contribution < 1.29 is 13.7 Å². The van der Waals surface area contributed by atoms with Crippen LogP contribution in [0.3, 0.4) is 0 Å². The molecule has 0 radical (unpaired) electrons. The summed E-state index contributed by atoms with van der Waals surface area (Å²) in [5.41, 5.74) is 5.47. The number of ether oxygens (including phenoxy) is 1. The molecule has 20 heavy (non-hydrogen) atoms. The number of amides is 1. The molecule has 0 aliphatic rings. The minimum Gasteiger partial charge on any atom is -0.442 e. The molecule has 1 atom stereocenters. The van der Waals surface area contributed by atoms with E-state index in [1.165, 1.54) is 6.20 Å². The normalized spacial score (nSPS) is 14.4. The number of carbonyl (C=O) groups is 1. The van der Waals surface area contributed by atoms with E-state index < -0.39 is 21.4 Å². The maximum Gasteiger partial charge on any atom is 0.442 e. The van der Waals surface area contributed by atoms with Crippen LogP contribution in [0.25, 0.3) is 0 Å². The van der Waals surface area contributed by atoms with E-state index in [0.29, 0.717) is 17.1 Å². The molecule has 0 fully saturated rings. The second-order valence-electron chi connectivity index (χ2n) is 5.19. The molecular formula is C13H21N3O3S. The Morgan fingerprint density at radius 3 is 2.50 bits per heavy atom. The first-order valence-corrected chi connectivity index (χ1v) is 8.01. The van der Waals surface area contributed by atoms with Gasteiger partial charge in [0.25, 0.3) is 0 Å². The van der Waals surface area contributed by atoms with Gasteiger partial charge in [0.15, 0.2) is 0 Å². The molecule has 0 saturated heterocycles. The van der Waals surface area contributed by atoms with Crippen molar-refractivity contribution in [2.24, 2.45) is 10.1 Å². The third-order valence-electron chi connectivity index (χ3n) is 2.38. The van der Waals surface area contributed by atoms with Crippen molar-refractivity contribution in [1.29, 1.82) is 0 Å². The van der Waals surface area contributed by atoms with Gasteiger partial charge in [-0.1, -0.05) is 6.92 Å². The van der Waals surface area contributed by atoms with Crippen molar-refractivity contribution in [2.75, 3.05) is 5.75 Å². The zero-order valence-electron chi connectivity index (χ0n) is 12.3. The average molecular weight is 299 g/mol. The fourth-order valence-electron chi connectivity index (χ4n) is 1.41. The van der Waals surface area contributed by atoms with Crippen LogP contribution in [-0.2, 0) is 21.0 Å². The van der Waals surface area contributed by atoms with Gasteiger partial charge in [0.1, 0.15) is 5.60 Å². The molecule has 0 bridgehead atoms. The smallest absolute Gasteiger partial charge is 0.442 e. The maximum atomic E-state index is 12.7. The molecule has 0 spiro atoms. The van der Waals surface area contributed by atoms with Gasteiger partial charge in [0.2, 0.25) is 0 Å². The van der Waals surface area contributed by atoms with E-state index in [1.807, 2.05) is 0 Å². The summed E-state index contributed by atoms with van der Waals surface area (Å²) >= 11 is 0. The van der Waals surface area contributed by atoms with Gasteiger partial charge in [-0.3, -0.25) is 4.98 Å². The largest absolute Gasteiger partial charge is 0.442 e. The molecule has 0 aromatic carbocycles. The summed E-state index contributed by atoms with van der Waals surface area (Å²) in [5, 5.41) is 0. The monoisotopic (exact) mass is 299 g/mol.